The van der Waals surface area contributed by atoms with Crippen molar-refractivity contribution in [3.63, 3.8) is 0 Å². The Morgan fingerprint density at radius 1 is 1.25 bits per heavy atom. The minimum atomic E-state index is 0.235. The molecule has 0 amide bonds. The molecule has 0 spiro atoms. The molecule has 2 heteroatoms. The van der Waals surface area contributed by atoms with Crippen LogP contribution in [-0.4, -0.2) is 19.3 Å². The first kappa shape index (κ1) is 11.9. The maximum absolute atomic E-state index is 5.84. The van der Waals surface area contributed by atoms with E-state index in [1.807, 2.05) is 0 Å². The van der Waals surface area contributed by atoms with Crippen LogP contribution in [0.4, 0.5) is 0 Å². The summed E-state index contributed by atoms with van der Waals surface area (Å²) in [5.74, 6) is 0.752. The molecule has 0 rings (SSSR count). The van der Waals surface area contributed by atoms with E-state index in [-0.39, 0.29) is 6.04 Å². The third-order valence-corrected chi connectivity index (χ3v) is 1.80. The highest BCUT2D eigenvalue weighted by Crippen LogP contribution is 2.05. The Labute approximate surface area is 76.5 Å². The molecule has 0 aromatic carbocycles. The highest BCUT2D eigenvalue weighted by atomic mass is 16.5. The van der Waals surface area contributed by atoms with Gasteiger partial charge in [-0.15, -0.1) is 0 Å². The molecule has 12 heavy (non-hydrogen) atoms. The van der Waals surface area contributed by atoms with Crippen molar-refractivity contribution in [1.82, 2.24) is 0 Å². The monoisotopic (exact) mass is 173 g/mol. The Morgan fingerprint density at radius 3 is 2.42 bits per heavy atom. The van der Waals surface area contributed by atoms with Gasteiger partial charge in [-0.05, 0) is 25.2 Å². The Bertz CT molecular complexity index is 93.8. The lowest BCUT2D eigenvalue weighted by atomic mass is 10.0. The Hall–Kier alpha value is -0.0800. The second-order valence-corrected chi connectivity index (χ2v) is 3.81. The predicted molar refractivity (Wildman–Crippen MR) is 53.2 cm³/mol. The van der Waals surface area contributed by atoms with E-state index in [0.29, 0.717) is 0 Å². The molecule has 0 aromatic rings. The van der Waals surface area contributed by atoms with Gasteiger partial charge in [-0.25, -0.2) is 0 Å². The zero-order valence-electron chi connectivity index (χ0n) is 8.68. The first-order chi connectivity index (χ1) is 5.66. The Morgan fingerprint density at radius 2 is 1.92 bits per heavy atom. The smallest absolute Gasteiger partial charge is 0.0617 e. The number of hydrogen-bond acceptors (Lipinski definition) is 2. The van der Waals surface area contributed by atoms with Gasteiger partial charge < -0.3 is 10.5 Å². The van der Waals surface area contributed by atoms with E-state index in [9.17, 15) is 0 Å². The van der Waals surface area contributed by atoms with E-state index in [2.05, 4.69) is 20.8 Å². The second-order valence-electron chi connectivity index (χ2n) is 3.81. The third-order valence-electron chi connectivity index (χ3n) is 1.80. The van der Waals surface area contributed by atoms with Gasteiger partial charge in [0.15, 0.2) is 0 Å². The van der Waals surface area contributed by atoms with Crippen LogP contribution in [0.2, 0.25) is 0 Å². The largest absolute Gasteiger partial charge is 0.380 e. The number of ether oxygens (including phenoxy) is 1. The molecule has 0 bridgehead atoms. The molecule has 2 nitrogen and oxygen atoms in total. The molecular formula is C10H23NO. The summed E-state index contributed by atoms with van der Waals surface area (Å²) < 4.78 is 5.35. The summed E-state index contributed by atoms with van der Waals surface area (Å²) in [6.45, 7) is 8.12. The Balaban J connectivity index is 3.15. The summed E-state index contributed by atoms with van der Waals surface area (Å²) in [4.78, 5) is 0. The lowest BCUT2D eigenvalue weighted by Crippen LogP contribution is -2.26. The lowest BCUT2D eigenvalue weighted by molar-refractivity contribution is 0.118. The molecule has 0 fully saturated rings. The van der Waals surface area contributed by atoms with Gasteiger partial charge in [0.25, 0.3) is 0 Å². The van der Waals surface area contributed by atoms with Gasteiger partial charge in [-0.3, -0.25) is 0 Å². The van der Waals surface area contributed by atoms with Crippen molar-refractivity contribution in [2.75, 3.05) is 13.2 Å². The van der Waals surface area contributed by atoms with E-state index in [0.717, 1.165) is 32.0 Å². The first-order valence-corrected chi connectivity index (χ1v) is 5.00. The van der Waals surface area contributed by atoms with E-state index in [4.69, 9.17) is 10.5 Å². The molecule has 74 valence electrons. The Kier molecular flexibility index (Phi) is 7.51. The van der Waals surface area contributed by atoms with Gasteiger partial charge >= 0.3 is 0 Å². The molecule has 1 atom stereocenters. The zero-order valence-corrected chi connectivity index (χ0v) is 8.68. The normalized spacial score (nSPS) is 13.8. The average Bonchev–Trinajstić information content (AvgIpc) is 2.01. The van der Waals surface area contributed by atoms with Crippen molar-refractivity contribution in [3.8, 4) is 0 Å². The van der Waals surface area contributed by atoms with E-state index in [1.165, 1.54) is 6.42 Å². The summed E-state index contributed by atoms with van der Waals surface area (Å²) in [6.07, 6.45) is 3.37. The fourth-order valence-electron chi connectivity index (χ4n) is 1.01. The van der Waals surface area contributed by atoms with E-state index < -0.39 is 0 Å². The molecule has 0 aliphatic rings. The second kappa shape index (κ2) is 7.56. The average molecular weight is 173 g/mol. The zero-order chi connectivity index (χ0) is 9.40. The maximum Gasteiger partial charge on any atom is 0.0617 e. The quantitative estimate of drug-likeness (QED) is 0.599. The number of nitrogens with two attached hydrogens (primary N) is 1. The van der Waals surface area contributed by atoms with E-state index in [1.54, 1.807) is 0 Å². The van der Waals surface area contributed by atoms with Crippen LogP contribution in [0.15, 0.2) is 0 Å². The van der Waals surface area contributed by atoms with Crippen LogP contribution in [0.1, 0.15) is 40.0 Å². The molecule has 1 unspecified atom stereocenters. The fourth-order valence-corrected chi connectivity index (χ4v) is 1.01. The molecule has 0 aliphatic carbocycles. The first-order valence-electron chi connectivity index (χ1n) is 5.00. The minimum absolute atomic E-state index is 0.235. The van der Waals surface area contributed by atoms with Gasteiger partial charge in [0.05, 0.1) is 6.61 Å². The highest BCUT2D eigenvalue weighted by Gasteiger charge is 2.03. The van der Waals surface area contributed by atoms with Crippen molar-refractivity contribution >= 4 is 0 Å². The number of rotatable bonds is 7. The van der Waals surface area contributed by atoms with Gasteiger partial charge in [-0.1, -0.05) is 20.8 Å². The van der Waals surface area contributed by atoms with Crippen molar-refractivity contribution in [1.29, 1.82) is 0 Å². The third kappa shape index (κ3) is 8.02. The molecule has 0 aromatic heterocycles. The summed E-state index contributed by atoms with van der Waals surface area (Å²) in [6, 6.07) is 0.235. The van der Waals surface area contributed by atoms with Crippen LogP contribution >= 0.6 is 0 Å². The van der Waals surface area contributed by atoms with Gasteiger partial charge in [0, 0.05) is 12.6 Å². The standard InChI is InChI=1S/C10H23NO/c1-4-7-12-8-10(11)6-5-9(2)3/h9-10H,4-8,11H2,1-3H3. The van der Waals surface area contributed by atoms with Gasteiger partial charge in [0.2, 0.25) is 0 Å². The van der Waals surface area contributed by atoms with Crippen LogP contribution < -0.4 is 5.73 Å². The van der Waals surface area contributed by atoms with Crippen molar-refractivity contribution in [3.05, 3.63) is 0 Å². The molecular weight excluding hydrogens is 150 g/mol. The molecule has 0 radical (unpaired) electrons. The SMILES string of the molecule is CCCOCC(N)CCC(C)C. The van der Waals surface area contributed by atoms with Crippen LogP contribution in [0.25, 0.3) is 0 Å². The van der Waals surface area contributed by atoms with E-state index >= 15 is 0 Å². The maximum atomic E-state index is 5.84. The lowest BCUT2D eigenvalue weighted by Gasteiger charge is -2.12. The molecule has 0 saturated heterocycles. The van der Waals surface area contributed by atoms with Crippen LogP contribution in [-0.2, 0) is 4.74 Å². The molecule has 0 aliphatic heterocycles. The highest BCUT2D eigenvalue weighted by molar-refractivity contribution is 4.60. The van der Waals surface area contributed by atoms with Gasteiger partial charge in [0.1, 0.15) is 0 Å². The number of hydrogen-bond donors (Lipinski definition) is 1. The molecule has 0 saturated carbocycles. The topological polar surface area (TPSA) is 35.2 Å². The summed E-state index contributed by atoms with van der Waals surface area (Å²) in [5, 5.41) is 0. The van der Waals surface area contributed by atoms with Gasteiger partial charge in [-0.2, -0.15) is 0 Å². The summed E-state index contributed by atoms with van der Waals surface area (Å²) >= 11 is 0. The van der Waals surface area contributed by atoms with Crippen LogP contribution in [0.3, 0.4) is 0 Å². The summed E-state index contributed by atoms with van der Waals surface area (Å²) in [7, 11) is 0. The van der Waals surface area contributed by atoms with Crippen LogP contribution in [0, 0.1) is 5.92 Å². The summed E-state index contributed by atoms with van der Waals surface area (Å²) in [5.41, 5.74) is 5.84. The van der Waals surface area contributed by atoms with Crippen molar-refractivity contribution < 1.29 is 4.74 Å². The predicted octanol–water partition coefficient (Wildman–Crippen LogP) is 2.18. The molecule has 2 N–H and O–H groups in total. The minimum Gasteiger partial charge on any atom is -0.380 e. The van der Waals surface area contributed by atoms with Crippen molar-refractivity contribution in [2.45, 2.75) is 46.1 Å². The fraction of sp³-hybridized carbons (Fsp3) is 1.00. The van der Waals surface area contributed by atoms with Crippen LogP contribution in [0.5, 0.6) is 0 Å². The van der Waals surface area contributed by atoms with Crippen molar-refractivity contribution in [2.24, 2.45) is 11.7 Å². The molecule has 0 heterocycles.